The fourth-order valence-electron chi connectivity index (χ4n) is 0. The van der Waals surface area contributed by atoms with Gasteiger partial charge in [0.15, 0.2) is 0 Å². The minimum Gasteiger partial charge on any atom is -0.481 e. The van der Waals surface area contributed by atoms with Crippen LogP contribution in [0.15, 0.2) is 0 Å². The van der Waals surface area contributed by atoms with E-state index in [1.54, 1.807) is 0 Å². The summed E-state index contributed by atoms with van der Waals surface area (Å²) in [6, 6.07) is 0. The van der Waals surface area contributed by atoms with Crippen LogP contribution < -0.4 is 6.15 Å². The van der Waals surface area contributed by atoms with Crippen LogP contribution in [0.1, 0.15) is 20.8 Å². The number of phosphoric acid groups is 1. The third-order valence-electron chi connectivity index (χ3n) is 0. The lowest BCUT2D eigenvalue weighted by Crippen LogP contribution is -1.78. The highest BCUT2D eigenvalue weighted by Crippen LogP contribution is 2.25. The predicted octanol–water partition coefficient (Wildman–Crippen LogP) is -0.494. The van der Waals surface area contributed by atoms with Gasteiger partial charge in [0.2, 0.25) is 0 Å². The van der Waals surface area contributed by atoms with E-state index in [9.17, 15) is 0 Å². The van der Waals surface area contributed by atoms with Gasteiger partial charge in [0, 0.05) is 20.8 Å². The van der Waals surface area contributed by atoms with Crippen LogP contribution in [0.5, 0.6) is 0 Å². The van der Waals surface area contributed by atoms with Crippen molar-refractivity contribution in [2.45, 2.75) is 20.8 Å². The highest BCUT2D eigenvalue weighted by molar-refractivity contribution is 7.45. The van der Waals surface area contributed by atoms with Crippen LogP contribution in [0.3, 0.4) is 0 Å². The molecule has 18 heavy (non-hydrogen) atoms. The highest BCUT2D eigenvalue weighted by Gasteiger charge is 2.00. The lowest BCUT2D eigenvalue weighted by molar-refractivity contribution is -0.135. The molecule has 0 fully saturated rings. The standard InChI is InChI=1S/3C2H4O2.H3N.H3O4P/c3*1-2(3)4;;1-5(2,3)4/h3*1H3,(H,3,4);1H3;(H3,1,2,3,4). The van der Waals surface area contributed by atoms with E-state index in [2.05, 4.69) is 0 Å². The molecule has 0 saturated carbocycles. The molecule has 0 atom stereocenters. The van der Waals surface area contributed by atoms with E-state index in [-0.39, 0.29) is 6.15 Å². The van der Waals surface area contributed by atoms with E-state index < -0.39 is 25.7 Å². The molecule has 0 aromatic rings. The third-order valence-corrected chi connectivity index (χ3v) is 0. The van der Waals surface area contributed by atoms with Gasteiger partial charge in [0.25, 0.3) is 17.9 Å². The molecule has 0 aliphatic heterocycles. The van der Waals surface area contributed by atoms with Crippen molar-refractivity contribution < 1.29 is 48.9 Å². The molecule has 0 aliphatic carbocycles. The minimum absolute atomic E-state index is 0. The Hall–Kier alpha value is -1.52. The first-order valence-electron chi connectivity index (χ1n) is 3.57. The number of carbonyl (C=O) groups is 3. The minimum atomic E-state index is -4.64. The van der Waals surface area contributed by atoms with Crippen LogP contribution in [-0.2, 0) is 18.9 Å². The van der Waals surface area contributed by atoms with E-state index in [4.69, 9.17) is 48.9 Å². The molecule has 0 bridgehead atoms. The number of carboxylic acids is 3. The summed E-state index contributed by atoms with van der Waals surface area (Å²) in [5, 5.41) is 22.2. The molecule has 0 radical (unpaired) electrons. The molecule has 11 nitrogen and oxygen atoms in total. The molecule has 0 amide bonds. The summed E-state index contributed by atoms with van der Waals surface area (Å²) in [7, 11) is -4.64. The van der Waals surface area contributed by atoms with E-state index in [1.807, 2.05) is 0 Å². The number of hydrogen-bond acceptors (Lipinski definition) is 5. The molecule has 12 heteroatoms. The van der Waals surface area contributed by atoms with Gasteiger partial charge >= 0.3 is 7.82 Å². The fourth-order valence-corrected chi connectivity index (χ4v) is 0. The predicted molar refractivity (Wildman–Crippen MR) is 59.2 cm³/mol. The Bertz CT molecular complexity index is 223. The van der Waals surface area contributed by atoms with E-state index in [0.29, 0.717) is 0 Å². The second-order valence-corrected chi connectivity index (χ2v) is 3.10. The fraction of sp³-hybridized carbons (Fsp3) is 0.500. The molecule has 0 spiro atoms. The lowest BCUT2D eigenvalue weighted by Gasteiger charge is -1.82. The Labute approximate surface area is 103 Å². The normalized spacial score (nSPS) is 7.44. The van der Waals surface area contributed by atoms with Gasteiger partial charge < -0.3 is 36.2 Å². The SMILES string of the molecule is CC(=O)O.CC(=O)O.CC(=O)O.N.O=P(O)(O)O. The van der Waals surface area contributed by atoms with Crippen LogP contribution in [0.2, 0.25) is 0 Å². The second-order valence-electron chi connectivity index (χ2n) is 2.07. The maximum Gasteiger partial charge on any atom is 0.466 e. The second kappa shape index (κ2) is 17.9. The zero-order valence-corrected chi connectivity index (χ0v) is 10.9. The summed E-state index contributed by atoms with van der Waals surface area (Å²) in [5.74, 6) is -2.50. The summed E-state index contributed by atoms with van der Waals surface area (Å²) in [6.07, 6.45) is 0. The van der Waals surface area contributed by atoms with Crippen LogP contribution in [0, 0.1) is 0 Å². The van der Waals surface area contributed by atoms with Gasteiger partial charge in [-0.3, -0.25) is 14.4 Å². The Morgan fingerprint density at radius 1 is 0.722 bits per heavy atom. The largest absolute Gasteiger partial charge is 0.481 e. The zero-order chi connectivity index (χ0) is 15.2. The molecule has 0 aromatic heterocycles. The molecule has 9 N–H and O–H groups in total. The Balaban J connectivity index is -0.0000000412. The maximum atomic E-state index is 9.00. The Morgan fingerprint density at radius 3 is 0.722 bits per heavy atom. The molecule has 0 aliphatic rings. The Morgan fingerprint density at radius 2 is 0.722 bits per heavy atom. The topological polar surface area (TPSA) is 225 Å². The smallest absolute Gasteiger partial charge is 0.466 e. The molecule has 0 aromatic carbocycles. The maximum absolute atomic E-state index is 9.00. The van der Waals surface area contributed by atoms with Crippen LogP contribution in [0.4, 0.5) is 0 Å². The monoisotopic (exact) mass is 295 g/mol. The van der Waals surface area contributed by atoms with E-state index in [0.717, 1.165) is 20.8 Å². The average molecular weight is 295 g/mol. The van der Waals surface area contributed by atoms with Gasteiger partial charge in [-0.25, -0.2) is 4.57 Å². The van der Waals surface area contributed by atoms with Crippen molar-refractivity contribution >= 4 is 25.7 Å². The van der Waals surface area contributed by atoms with Gasteiger partial charge in [-0.15, -0.1) is 0 Å². The van der Waals surface area contributed by atoms with Gasteiger partial charge in [-0.05, 0) is 0 Å². The van der Waals surface area contributed by atoms with Gasteiger partial charge in [-0.1, -0.05) is 0 Å². The molecular weight excluding hydrogens is 277 g/mol. The summed E-state index contributed by atoms with van der Waals surface area (Å²) in [6.45, 7) is 3.25. The van der Waals surface area contributed by atoms with E-state index in [1.165, 1.54) is 0 Å². The van der Waals surface area contributed by atoms with E-state index >= 15 is 0 Å². The molecule has 0 saturated heterocycles. The molecule has 0 unspecified atom stereocenters. The van der Waals surface area contributed by atoms with Crippen molar-refractivity contribution in [3.05, 3.63) is 0 Å². The first-order chi connectivity index (χ1) is 7.20. The van der Waals surface area contributed by atoms with Crippen LogP contribution >= 0.6 is 7.82 Å². The zero-order valence-electron chi connectivity index (χ0n) is 9.97. The summed E-state index contributed by atoms with van der Waals surface area (Å²) < 4.78 is 8.88. The molecule has 0 rings (SSSR count). The van der Waals surface area contributed by atoms with Gasteiger partial charge in [0.1, 0.15) is 0 Å². The number of carboxylic acid groups (broad SMARTS) is 3. The van der Waals surface area contributed by atoms with Gasteiger partial charge in [0.05, 0.1) is 0 Å². The van der Waals surface area contributed by atoms with Crippen molar-refractivity contribution in [3.63, 3.8) is 0 Å². The first kappa shape index (κ1) is 30.0. The van der Waals surface area contributed by atoms with Gasteiger partial charge in [-0.2, -0.15) is 0 Å². The summed E-state index contributed by atoms with van der Waals surface area (Å²) >= 11 is 0. The van der Waals surface area contributed by atoms with Crippen molar-refractivity contribution in [2.75, 3.05) is 0 Å². The summed E-state index contributed by atoms with van der Waals surface area (Å²) in [4.78, 5) is 48.6. The third kappa shape index (κ3) is 1140. The number of hydrogen-bond donors (Lipinski definition) is 7. The quantitative estimate of drug-likeness (QED) is 0.282. The number of rotatable bonds is 0. The van der Waals surface area contributed by atoms with Crippen LogP contribution in [0.25, 0.3) is 0 Å². The highest BCUT2D eigenvalue weighted by atomic mass is 31.2. The van der Waals surface area contributed by atoms with Crippen molar-refractivity contribution in [1.82, 2.24) is 6.15 Å². The molecule has 112 valence electrons. The van der Waals surface area contributed by atoms with Crippen molar-refractivity contribution in [1.29, 1.82) is 0 Å². The molecular formula is C6H18NO10P. The average Bonchev–Trinajstić information content (AvgIpc) is 1.73. The van der Waals surface area contributed by atoms with Crippen molar-refractivity contribution in [3.8, 4) is 0 Å². The Kier molecular flexibility index (Phi) is 29.7. The number of aliphatic carboxylic acids is 3. The molecule has 0 heterocycles. The summed E-state index contributed by atoms with van der Waals surface area (Å²) in [5.41, 5.74) is 0. The lowest BCUT2D eigenvalue weighted by atomic mass is 10.9. The first-order valence-corrected chi connectivity index (χ1v) is 5.13. The van der Waals surface area contributed by atoms with Crippen molar-refractivity contribution in [2.24, 2.45) is 0 Å². The van der Waals surface area contributed by atoms with Crippen LogP contribution in [-0.4, -0.2) is 47.9 Å².